The van der Waals surface area contributed by atoms with Crippen molar-refractivity contribution in [2.24, 2.45) is 0 Å². The van der Waals surface area contributed by atoms with E-state index >= 15 is 0 Å². The third-order valence-corrected chi connectivity index (χ3v) is 3.54. The minimum absolute atomic E-state index is 0.399. The molecule has 2 aromatic rings. The molecule has 0 aliphatic heterocycles. The third kappa shape index (κ3) is 4.11. The fourth-order valence-corrected chi connectivity index (χ4v) is 2.50. The highest BCUT2D eigenvalue weighted by molar-refractivity contribution is 5.58. The quantitative estimate of drug-likeness (QED) is 0.809. The maximum absolute atomic E-state index is 5.42. The Bertz CT molecular complexity index is 547. The van der Waals surface area contributed by atoms with Crippen LogP contribution in [0.1, 0.15) is 45.1 Å². The standard InChI is InChI=1S/C16H24N4O/c1-4-7-13(18-6-3)10-15-19-16(20-21-15)14-8-9-17-11-12(14)5-2/h8-9,11,13,18H,4-7,10H2,1-3H3. The van der Waals surface area contributed by atoms with E-state index in [2.05, 4.69) is 41.2 Å². The van der Waals surface area contributed by atoms with Crippen molar-refractivity contribution in [3.05, 3.63) is 29.9 Å². The number of aromatic nitrogens is 3. The molecule has 0 aliphatic carbocycles. The second kappa shape index (κ2) is 7.88. The molecule has 0 aromatic carbocycles. The zero-order valence-corrected chi connectivity index (χ0v) is 13.1. The van der Waals surface area contributed by atoms with Crippen LogP contribution in [-0.2, 0) is 12.8 Å². The van der Waals surface area contributed by atoms with Gasteiger partial charge in [-0.2, -0.15) is 4.98 Å². The summed E-state index contributed by atoms with van der Waals surface area (Å²) in [6.45, 7) is 7.36. The van der Waals surface area contributed by atoms with E-state index in [1.165, 1.54) is 0 Å². The van der Waals surface area contributed by atoms with Gasteiger partial charge in [0.15, 0.2) is 0 Å². The molecule has 5 heteroatoms. The van der Waals surface area contributed by atoms with E-state index in [1.54, 1.807) is 6.20 Å². The summed E-state index contributed by atoms with van der Waals surface area (Å²) in [6.07, 6.45) is 7.57. The van der Waals surface area contributed by atoms with E-state index in [9.17, 15) is 0 Å². The fourth-order valence-electron chi connectivity index (χ4n) is 2.50. The highest BCUT2D eigenvalue weighted by Crippen LogP contribution is 2.20. The molecule has 5 nitrogen and oxygen atoms in total. The van der Waals surface area contributed by atoms with Crippen molar-refractivity contribution in [2.75, 3.05) is 6.54 Å². The van der Waals surface area contributed by atoms with Crippen molar-refractivity contribution >= 4 is 0 Å². The summed E-state index contributed by atoms with van der Waals surface area (Å²) < 4.78 is 5.42. The molecular weight excluding hydrogens is 264 g/mol. The lowest BCUT2D eigenvalue weighted by atomic mass is 10.1. The average molecular weight is 288 g/mol. The van der Waals surface area contributed by atoms with E-state index in [4.69, 9.17) is 4.52 Å². The maximum atomic E-state index is 5.42. The molecule has 114 valence electrons. The van der Waals surface area contributed by atoms with Crippen LogP contribution < -0.4 is 5.32 Å². The molecule has 0 saturated carbocycles. The van der Waals surface area contributed by atoms with Crippen LogP contribution in [0, 0.1) is 0 Å². The molecule has 0 bridgehead atoms. The van der Waals surface area contributed by atoms with Crippen LogP contribution in [0.5, 0.6) is 0 Å². The molecule has 2 heterocycles. The van der Waals surface area contributed by atoms with Crippen LogP contribution in [0.3, 0.4) is 0 Å². The predicted octanol–water partition coefficient (Wildman–Crippen LogP) is 3.01. The van der Waals surface area contributed by atoms with Gasteiger partial charge >= 0.3 is 0 Å². The van der Waals surface area contributed by atoms with Crippen LogP contribution in [0.4, 0.5) is 0 Å². The Kier molecular flexibility index (Phi) is 5.87. The number of hydrogen-bond donors (Lipinski definition) is 1. The molecule has 0 saturated heterocycles. The third-order valence-electron chi connectivity index (χ3n) is 3.54. The van der Waals surface area contributed by atoms with Crippen molar-refractivity contribution in [2.45, 2.75) is 52.5 Å². The summed E-state index contributed by atoms with van der Waals surface area (Å²) in [7, 11) is 0. The number of pyridine rings is 1. The lowest BCUT2D eigenvalue weighted by Gasteiger charge is -2.14. The Morgan fingerprint density at radius 3 is 2.86 bits per heavy atom. The summed E-state index contributed by atoms with van der Waals surface area (Å²) in [6, 6.07) is 2.35. The Balaban J connectivity index is 2.13. The monoisotopic (exact) mass is 288 g/mol. The first kappa shape index (κ1) is 15.6. The van der Waals surface area contributed by atoms with Crippen LogP contribution in [0.15, 0.2) is 23.0 Å². The molecular formula is C16H24N4O. The van der Waals surface area contributed by atoms with Crippen molar-refractivity contribution < 1.29 is 4.52 Å². The Morgan fingerprint density at radius 1 is 1.29 bits per heavy atom. The minimum Gasteiger partial charge on any atom is -0.339 e. The molecule has 0 radical (unpaired) electrons. The van der Waals surface area contributed by atoms with Crippen molar-refractivity contribution in [1.82, 2.24) is 20.4 Å². The van der Waals surface area contributed by atoms with Gasteiger partial charge in [0, 0.05) is 30.4 Å². The Morgan fingerprint density at radius 2 is 2.14 bits per heavy atom. The molecule has 0 fully saturated rings. The molecule has 1 N–H and O–H groups in total. The second-order valence-electron chi connectivity index (χ2n) is 5.15. The number of nitrogens with zero attached hydrogens (tertiary/aromatic N) is 3. The molecule has 1 atom stereocenters. The molecule has 0 aliphatic rings. The summed E-state index contributed by atoms with van der Waals surface area (Å²) >= 11 is 0. The van der Waals surface area contributed by atoms with E-state index < -0.39 is 0 Å². The van der Waals surface area contributed by atoms with Crippen molar-refractivity contribution in [3.8, 4) is 11.4 Å². The average Bonchev–Trinajstić information content (AvgIpc) is 2.96. The number of aryl methyl sites for hydroxylation is 1. The van der Waals surface area contributed by atoms with Gasteiger partial charge in [0.25, 0.3) is 0 Å². The lowest BCUT2D eigenvalue weighted by molar-refractivity contribution is 0.352. The van der Waals surface area contributed by atoms with Crippen LogP contribution >= 0.6 is 0 Å². The van der Waals surface area contributed by atoms with Crippen LogP contribution in [0.25, 0.3) is 11.4 Å². The summed E-state index contributed by atoms with van der Waals surface area (Å²) in [5, 5.41) is 7.59. The van der Waals surface area contributed by atoms with Gasteiger partial charge in [-0.05, 0) is 31.0 Å². The predicted molar refractivity (Wildman–Crippen MR) is 83.0 cm³/mol. The first-order valence-corrected chi connectivity index (χ1v) is 7.77. The molecule has 2 aromatic heterocycles. The van der Waals surface area contributed by atoms with Gasteiger partial charge < -0.3 is 9.84 Å². The Hall–Kier alpha value is -1.75. The topological polar surface area (TPSA) is 63.8 Å². The normalized spacial score (nSPS) is 12.5. The molecule has 2 rings (SSSR count). The van der Waals surface area contributed by atoms with Crippen molar-refractivity contribution in [3.63, 3.8) is 0 Å². The van der Waals surface area contributed by atoms with Gasteiger partial charge in [0.05, 0.1) is 0 Å². The van der Waals surface area contributed by atoms with E-state index in [0.29, 0.717) is 17.8 Å². The zero-order valence-electron chi connectivity index (χ0n) is 13.1. The summed E-state index contributed by atoms with van der Waals surface area (Å²) in [5.41, 5.74) is 2.15. The van der Waals surface area contributed by atoms with Gasteiger partial charge in [-0.25, -0.2) is 0 Å². The zero-order chi connectivity index (χ0) is 15.1. The van der Waals surface area contributed by atoms with Gasteiger partial charge in [0.1, 0.15) is 0 Å². The number of rotatable bonds is 8. The number of likely N-dealkylation sites (N-methyl/N-ethyl adjacent to an activating group) is 1. The minimum atomic E-state index is 0.399. The summed E-state index contributed by atoms with van der Waals surface area (Å²) in [5.74, 6) is 1.36. The molecule has 21 heavy (non-hydrogen) atoms. The van der Waals surface area contributed by atoms with Gasteiger partial charge in [0.2, 0.25) is 11.7 Å². The molecule has 1 unspecified atom stereocenters. The van der Waals surface area contributed by atoms with Gasteiger partial charge in [-0.3, -0.25) is 4.98 Å². The van der Waals surface area contributed by atoms with Crippen LogP contribution in [0.2, 0.25) is 0 Å². The van der Waals surface area contributed by atoms with Crippen LogP contribution in [-0.4, -0.2) is 27.7 Å². The van der Waals surface area contributed by atoms with Gasteiger partial charge in [-0.15, -0.1) is 0 Å². The van der Waals surface area contributed by atoms with E-state index in [1.807, 2.05) is 12.3 Å². The first-order chi connectivity index (χ1) is 10.3. The highest BCUT2D eigenvalue weighted by atomic mass is 16.5. The van der Waals surface area contributed by atoms with Gasteiger partial charge in [-0.1, -0.05) is 32.3 Å². The first-order valence-electron chi connectivity index (χ1n) is 7.77. The van der Waals surface area contributed by atoms with Crippen molar-refractivity contribution in [1.29, 1.82) is 0 Å². The number of nitrogens with one attached hydrogen (secondary N) is 1. The molecule has 0 spiro atoms. The Labute approximate surface area is 126 Å². The van der Waals surface area contributed by atoms with E-state index in [-0.39, 0.29) is 0 Å². The highest BCUT2D eigenvalue weighted by Gasteiger charge is 2.15. The SMILES string of the molecule is CCCC(Cc1nc(-c2ccncc2CC)no1)NCC. The maximum Gasteiger partial charge on any atom is 0.228 e. The smallest absolute Gasteiger partial charge is 0.228 e. The number of hydrogen-bond acceptors (Lipinski definition) is 5. The molecule has 0 amide bonds. The lowest BCUT2D eigenvalue weighted by Crippen LogP contribution is -2.30. The fraction of sp³-hybridized carbons (Fsp3) is 0.562. The second-order valence-corrected chi connectivity index (χ2v) is 5.15. The largest absolute Gasteiger partial charge is 0.339 e. The summed E-state index contributed by atoms with van der Waals surface area (Å²) in [4.78, 5) is 8.70. The van der Waals surface area contributed by atoms with E-state index in [0.717, 1.165) is 43.4 Å².